The van der Waals surface area contributed by atoms with Gasteiger partial charge in [-0.3, -0.25) is 0 Å². The van der Waals surface area contributed by atoms with E-state index in [4.69, 9.17) is 0 Å². The van der Waals surface area contributed by atoms with Crippen molar-refractivity contribution >= 4 is 15.9 Å². The van der Waals surface area contributed by atoms with Crippen LogP contribution in [0.25, 0.3) is 0 Å². The maximum absolute atomic E-state index is 14.0. The van der Waals surface area contributed by atoms with Crippen LogP contribution in [0.1, 0.15) is 50.5 Å². The van der Waals surface area contributed by atoms with Crippen molar-refractivity contribution < 1.29 is 4.39 Å². The quantitative estimate of drug-likeness (QED) is 0.805. The Labute approximate surface area is 130 Å². The summed E-state index contributed by atoms with van der Waals surface area (Å²) in [6, 6.07) is 5.81. The molecule has 1 aromatic carbocycles. The average molecular weight is 342 g/mol. The fourth-order valence-corrected chi connectivity index (χ4v) is 3.65. The normalized spacial score (nSPS) is 19.4. The van der Waals surface area contributed by atoms with Gasteiger partial charge in [-0.15, -0.1) is 0 Å². The molecule has 1 aliphatic rings. The SMILES string of the molecule is CNC(Cc1ccc(Br)cc1F)C1CCCCCCC1. The number of hydrogen-bond donors (Lipinski definition) is 1. The van der Waals surface area contributed by atoms with E-state index < -0.39 is 0 Å². The molecule has 1 atom stereocenters. The summed E-state index contributed by atoms with van der Waals surface area (Å²) >= 11 is 3.32. The first kappa shape index (κ1) is 16.0. The lowest BCUT2D eigenvalue weighted by atomic mass is 9.83. The van der Waals surface area contributed by atoms with Crippen LogP contribution in [0.5, 0.6) is 0 Å². The van der Waals surface area contributed by atoms with Crippen molar-refractivity contribution in [2.45, 2.75) is 57.4 Å². The highest BCUT2D eigenvalue weighted by Gasteiger charge is 2.22. The molecule has 0 bridgehead atoms. The predicted molar refractivity (Wildman–Crippen MR) is 86.5 cm³/mol. The van der Waals surface area contributed by atoms with Gasteiger partial charge in [-0.1, -0.05) is 54.1 Å². The maximum Gasteiger partial charge on any atom is 0.127 e. The van der Waals surface area contributed by atoms with Crippen molar-refractivity contribution in [3.05, 3.63) is 34.1 Å². The minimum absolute atomic E-state index is 0.0922. The molecule has 0 aromatic heterocycles. The minimum Gasteiger partial charge on any atom is -0.316 e. The second-order valence-electron chi connectivity index (χ2n) is 5.94. The molecule has 1 saturated carbocycles. The fourth-order valence-electron chi connectivity index (χ4n) is 3.32. The molecule has 0 heterocycles. The van der Waals surface area contributed by atoms with Gasteiger partial charge in [-0.25, -0.2) is 4.39 Å². The first-order chi connectivity index (χ1) is 9.70. The lowest BCUT2D eigenvalue weighted by Crippen LogP contribution is -2.36. The van der Waals surface area contributed by atoms with Crippen molar-refractivity contribution in [1.29, 1.82) is 0 Å². The molecule has 0 saturated heterocycles. The van der Waals surface area contributed by atoms with Crippen LogP contribution in [0, 0.1) is 11.7 Å². The zero-order chi connectivity index (χ0) is 14.4. The lowest BCUT2D eigenvalue weighted by molar-refractivity contribution is 0.292. The van der Waals surface area contributed by atoms with Crippen LogP contribution in [-0.2, 0) is 6.42 Å². The molecule has 3 heteroatoms. The molecule has 2 rings (SSSR count). The van der Waals surface area contributed by atoms with Gasteiger partial charge in [0.25, 0.3) is 0 Å². The summed E-state index contributed by atoms with van der Waals surface area (Å²) in [6.45, 7) is 0. The Morgan fingerprint density at radius 3 is 2.45 bits per heavy atom. The predicted octanol–water partition coefficient (Wildman–Crippen LogP) is 5.08. The van der Waals surface area contributed by atoms with E-state index in [2.05, 4.69) is 21.2 Å². The van der Waals surface area contributed by atoms with Gasteiger partial charge in [0.1, 0.15) is 5.82 Å². The first-order valence-corrected chi connectivity index (χ1v) is 8.61. The highest BCUT2D eigenvalue weighted by molar-refractivity contribution is 9.10. The topological polar surface area (TPSA) is 12.0 Å². The van der Waals surface area contributed by atoms with E-state index in [0.717, 1.165) is 16.5 Å². The number of benzene rings is 1. The average Bonchev–Trinajstić information content (AvgIpc) is 2.39. The Bertz CT molecular complexity index is 413. The second kappa shape index (κ2) is 8.14. The van der Waals surface area contributed by atoms with Crippen molar-refractivity contribution in [2.75, 3.05) is 7.05 Å². The van der Waals surface area contributed by atoms with Crippen LogP contribution in [0.2, 0.25) is 0 Å². The summed E-state index contributed by atoms with van der Waals surface area (Å²) in [5.74, 6) is 0.591. The first-order valence-electron chi connectivity index (χ1n) is 7.82. The number of halogens is 2. The number of likely N-dealkylation sites (N-methyl/N-ethyl adjacent to an activating group) is 1. The zero-order valence-electron chi connectivity index (χ0n) is 12.3. The summed E-state index contributed by atoms with van der Waals surface area (Å²) in [4.78, 5) is 0. The van der Waals surface area contributed by atoms with E-state index in [1.807, 2.05) is 19.2 Å². The Kier molecular flexibility index (Phi) is 6.50. The van der Waals surface area contributed by atoms with Crippen molar-refractivity contribution in [3.8, 4) is 0 Å². The minimum atomic E-state index is -0.0922. The van der Waals surface area contributed by atoms with Crippen LogP contribution < -0.4 is 5.32 Å². The molecule has 1 unspecified atom stereocenters. The molecule has 1 fully saturated rings. The highest BCUT2D eigenvalue weighted by Crippen LogP contribution is 2.27. The molecule has 112 valence electrons. The Balaban J connectivity index is 2.03. The van der Waals surface area contributed by atoms with Crippen molar-refractivity contribution in [1.82, 2.24) is 5.32 Å². The van der Waals surface area contributed by atoms with Crippen molar-refractivity contribution in [2.24, 2.45) is 5.92 Å². The van der Waals surface area contributed by atoms with Gasteiger partial charge in [-0.2, -0.15) is 0 Å². The summed E-state index contributed by atoms with van der Waals surface area (Å²) in [5, 5.41) is 3.43. The van der Waals surface area contributed by atoms with Crippen LogP contribution in [0.3, 0.4) is 0 Å². The summed E-state index contributed by atoms with van der Waals surface area (Å²) in [6.07, 6.45) is 10.1. The Hall–Kier alpha value is -0.410. The molecule has 1 N–H and O–H groups in total. The maximum atomic E-state index is 14.0. The molecule has 1 aliphatic carbocycles. The number of rotatable bonds is 4. The third kappa shape index (κ3) is 4.56. The summed E-state index contributed by atoms with van der Waals surface area (Å²) in [5.41, 5.74) is 0.828. The van der Waals surface area contributed by atoms with Gasteiger partial charge >= 0.3 is 0 Å². The molecular weight excluding hydrogens is 317 g/mol. The van der Waals surface area contributed by atoms with Gasteiger partial charge in [0.2, 0.25) is 0 Å². The van der Waals surface area contributed by atoms with E-state index in [9.17, 15) is 4.39 Å². The zero-order valence-corrected chi connectivity index (χ0v) is 13.9. The number of hydrogen-bond acceptors (Lipinski definition) is 1. The second-order valence-corrected chi connectivity index (χ2v) is 6.86. The van der Waals surface area contributed by atoms with E-state index in [0.29, 0.717) is 12.0 Å². The van der Waals surface area contributed by atoms with E-state index in [1.165, 1.54) is 44.9 Å². The third-order valence-corrected chi connectivity index (χ3v) is 5.04. The molecule has 0 spiro atoms. The molecule has 20 heavy (non-hydrogen) atoms. The summed E-state index contributed by atoms with van der Waals surface area (Å²) < 4.78 is 14.8. The lowest BCUT2D eigenvalue weighted by Gasteiger charge is -2.29. The Morgan fingerprint density at radius 1 is 1.20 bits per heavy atom. The van der Waals surface area contributed by atoms with E-state index in [-0.39, 0.29) is 5.82 Å². The van der Waals surface area contributed by atoms with Gasteiger partial charge in [0, 0.05) is 10.5 Å². The molecule has 1 aromatic rings. The van der Waals surface area contributed by atoms with Gasteiger partial charge in [-0.05, 0) is 49.9 Å². The van der Waals surface area contributed by atoms with Crippen LogP contribution in [0.15, 0.2) is 22.7 Å². The van der Waals surface area contributed by atoms with Gasteiger partial charge in [0.05, 0.1) is 0 Å². The molecule has 0 amide bonds. The molecule has 0 radical (unpaired) electrons. The third-order valence-electron chi connectivity index (χ3n) is 4.54. The molecule has 1 nitrogen and oxygen atoms in total. The van der Waals surface area contributed by atoms with E-state index in [1.54, 1.807) is 6.07 Å². The monoisotopic (exact) mass is 341 g/mol. The molecule has 0 aliphatic heterocycles. The molecular formula is C17H25BrFN. The standard InChI is InChI=1S/C17H25BrFN/c1-20-17(13-7-5-3-2-4-6-8-13)11-14-9-10-15(18)12-16(14)19/h9-10,12-13,17,20H,2-8,11H2,1H3. The van der Waals surface area contributed by atoms with Gasteiger partial charge in [0.15, 0.2) is 0 Å². The van der Waals surface area contributed by atoms with Crippen LogP contribution in [0.4, 0.5) is 4.39 Å². The number of nitrogens with one attached hydrogen (secondary N) is 1. The van der Waals surface area contributed by atoms with Crippen LogP contribution in [-0.4, -0.2) is 13.1 Å². The smallest absolute Gasteiger partial charge is 0.127 e. The largest absolute Gasteiger partial charge is 0.316 e. The van der Waals surface area contributed by atoms with Crippen molar-refractivity contribution in [3.63, 3.8) is 0 Å². The summed E-state index contributed by atoms with van der Waals surface area (Å²) in [7, 11) is 2.01. The highest BCUT2D eigenvalue weighted by atomic mass is 79.9. The van der Waals surface area contributed by atoms with E-state index >= 15 is 0 Å². The fraction of sp³-hybridized carbons (Fsp3) is 0.647. The Morgan fingerprint density at radius 2 is 1.85 bits per heavy atom. The van der Waals surface area contributed by atoms with Crippen LogP contribution >= 0.6 is 15.9 Å². The van der Waals surface area contributed by atoms with Gasteiger partial charge < -0.3 is 5.32 Å².